The van der Waals surface area contributed by atoms with Crippen molar-refractivity contribution in [1.29, 1.82) is 0 Å². The molecule has 2 bridgehead atoms. The summed E-state index contributed by atoms with van der Waals surface area (Å²) in [5.74, 6) is -0.874. The van der Waals surface area contributed by atoms with Gasteiger partial charge in [0.1, 0.15) is 29.8 Å². The largest absolute Gasteiger partial charge is 0.495 e. The zero-order valence-electron chi connectivity index (χ0n) is 24.3. The van der Waals surface area contributed by atoms with Crippen LogP contribution in [-0.2, 0) is 26.0 Å². The summed E-state index contributed by atoms with van der Waals surface area (Å²) in [5.41, 5.74) is -0.700. The summed E-state index contributed by atoms with van der Waals surface area (Å²) in [5, 5.41) is 0. The Kier molecular flexibility index (Phi) is 7.37. The standard InChI is InChI=1S/C31H37FO8S/c1-30(2,3)15-22(32)21-11-12-23-25(27(21)37-5)28(33)38-16-17-13-20(41(6,35)36)14-24(26(17)39-23)40-29(34)31(4)18-7-8-19(31)10-9-18/h11-14,18-19,22H,7-10,15-16H2,1-6H3. The summed E-state index contributed by atoms with van der Waals surface area (Å²) in [6.07, 6.45) is 3.61. The van der Waals surface area contributed by atoms with Gasteiger partial charge in [0.05, 0.1) is 17.4 Å². The molecule has 0 amide bonds. The van der Waals surface area contributed by atoms with Gasteiger partial charge in [-0.2, -0.15) is 0 Å². The number of rotatable bonds is 6. The lowest BCUT2D eigenvalue weighted by molar-refractivity contribution is -0.147. The van der Waals surface area contributed by atoms with E-state index in [1.54, 1.807) is 0 Å². The summed E-state index contributed by atoms with van der Waals surface area (Å²) in [4.78, 5) is 26.8. The number of alkyl halides is 1. The van der Waals surface area contributed by atoms with Gasteiger partial charge in [0.25, 0.3) is 0 Å². The number of hydrogen-bond donors (Lipinski definition) is 0. The van der Waals surface area contributed by atoms with E-state index in [9.17, 15) is 18.0 Å². The molecule has 0 aromatic heterocycles. The van der Waals surface area contributed by atoms with Crippen molar-refractivity contribution in [2.45, 2.75) is 77.5 Å². The molecule has 2 aromatic rings. The number of esters is 2. The number of fused-ring (bicyclic) bond motifs is 4. The fraction of sp³-hybridized carbons (Fsp3) is 0.548. The first-order valence-electron chi connectivity index (χ1n) is 13.9. The van der Waals surface area contributed by atoms with Gasteiger partial charge in [-0.15, -0.1) is 0 Å². The van der Waals surface area contributed by atoms with Crippen molar-refractivity contribution in [3.63, 3.8) is 0 Å². The zero-order chi connectivity index (χ0) is 29.9. The molecule has 2 aromatic carbocycles. The first-order valence-corrected chi connectivity index (χ1v) is 15.8. The number of carbonyl (C=O) groups is 2. The van der Waals surface area contributed by atoms with Crippen LogP contribution < -0.4 is 14.2 Å². The molecule has 1 aliphatic heterocycles. The van der Waals surface area contributed by atoms with Gasteiger partial charge in [-0.3, -0.25) is 4.79 Å². The fourth-order valence-electron chi connectivity index (χ4n) is 6.61. The van der Waals surface area contributed by atoms with Crippen LogP contribution in [0.4, 0.5) is 4.39 Å². The van der Waals surface area contributed by atoms with Crippen molar-refractivity contribution in [3.8, 4) is 23.0 Å². The van der Waals surface area contributed by atoms with E-state index in [1.807, 2.05) is 27.7 Å². The van der Waals surface area contributed by atoms with Crippen LogP contribution in [0.25, 0.3) is 0 Å². The third-order valence-corrected chi connectivity index (χ3v) is 9.95. The highest BCUT2D eigenvalue weighted by atomic mass is 32.2. The minimum absolute atomic E-state index is 0.00552. The molecule has 1 unspecified atom stereocenters. The van der Waals surface area contributed by atoms with E-state index in [-0.39, 0.29) is 74.9 Å². The van der Waals surface area contributed by atoms with Crippen LogP contribution in [-0.4, -0.2) is 33.7 Å². The summed E-state index contributed by atoms with van der Waals surface area (Å²) in [6.45, 7) is 7.31. The number of carbonyl (C=O) groups excluding carboxylic acids is 2. The quantitative estimate of drug-likeness (QED) is 0.270. The first-order chi connectivity index (χ1) is 19.1. The molecule has 222 valence electrons. The SMILES string of the molecule is COc1c(C(F)CC(C)(C)C)ccc2c1C(=O)OCc1cc(S(C)(=O)=O)cc(OC(=O)C3(C)C4CCC3CC4)c1O2. The second kappa shape index (κ2) is 10.3. The third-order valence-electron chi connectivity index (χ3n) is 8.86. The topological polar surface area (TPSA) is 105 Å². The molecule has 3 aliphatic rings. The van der Waals surface area contributed by atoms with Crippen LogP contribution >= 0.6 is 0 Å². The summed E-state index contributed by atoms with van der Waals surface area (Å²) in [6, 6.07) is 5.56. The number of sulfone groups is 1. The molecule has 8 nitrogen and oxygen atoms in total. The van der Waals surface area contributed by atoms with Gasteiger partial charge in [-0.05, 0) is 74.5 Å². The van der Waals surface area contributed by atoms with Crippen molar-refractivity contribution in [2.75, 3.05) is 13.4 Å². The minimum atomic E-state index is -3.72. The predicted octanol–water partition coefficient (Wildman–Crippen LogP) is 6.74. The molecule has 2 saturated carbocycles. The van der Waals surface area contributed by atoms with Gasteiger partial charge in [0, 0.05) is 23.4 Å². The lowest BCUT2D eigenvalue weighted by Gasteiger charge is -2.28. The molecule has 0 saturated heterocycles. The molecule has 41 heavy (non-hydrogen) atoms. The van der Waals surface area contributed by atoms with Crippen molar-refractivity contribution in [3.05, 3.63) is 41.0 Å². The molecular weight excluding hydrogens is 551 g/mol. The molecule has 0 radical (unpaired) electrons. The second-order valence-electron chi connectivity index (χ2n) is 12.9. The summed E-state index contributed by atoms with van der Waals surface area (Å²) >= 11 is 0. The molecule has 1 atom stereocenters. The van der Waals surface area contributed by atoms with E-state index in [0.29, 0.717) is 0 Å². The normalized spacial score (nSPS) is 24.3. The highest BCUT2D eigenvalue weighted by molar-refractivity contribution is 7.90. The average molecular weight is 589 g/mol. The molecule has 10 heteroatoms. The first kappa shape index (κ1) is 29.4. The Morgan fingerprint density at radius 2 is 1.78 bits per heavy atom. The Morgan fingerprint density at radius 3 is 2.34 bits per heavy atom. The van der Waals surface area contributed by atoms with Gasteiger partial charge in [0.2, 0.25) is 0 Å². The van der Waals surface area contributed by atoms with Crippen LogP contribution in [0.3, 0.4) is 0 Å². The Labute approximate surface area is 240 Å². The number of halogens is 1. The van der Waals surface area contributed by atoms with Crippen molar-refractivity contribution < 1.29 is 41.3 Å². The fourth-order valence-corrected chi connectivity index (χ4v) is 7.29. The van der Waals surface area contributed by atoms with E-state index >= 15 is 4.39 Å². The molecule has 5 rings (SSSR count). The predicted molar refractivity (Wildman–Crippen MR) is 149 cm³/mol. The third kappa shape index (κ3) is 5.31. The summed E-state index contributed by atoms with van der Waals surface area (Å²) in [7, 11) is -2.38. The number of benzene rings is 2. The smallest absolute Gasteiger partial charge is 0.346 e. The zero-order valence-corrected chi connectivity index (χ0v) is 25.2. The van der Waals surface area contributed by atoms with Gasteiger partial charge < -0.3 is 18.9 Å². The second-order valence-corrected chi connectivity index (χ2v) is 14.9. The summed E-state index contributed by atoms with van der Waals surface area (Å²) < 4.78 is 63.8. The lowest BCUT2D eigenvalue weighted by atomic mass is 9.80. The lowest BCUT2D eigenvalue weighted by Crippen LogP contribution is -2.36. The van der Waals surface area contributed by atoms with Crippen molar-refractivity contribution >= 4 is 21.8 Å². The van der Waals surface area contributed by atoms with Crippen LogP contribution in [0.1, 0.15) is 87.5 Å². The Hall–Kier alpha value is -3.14. The monoisotopic (exact) mass is 588 g/mol. The van der Waals surface area contributed by atoms with Crippen LogP contribution in [0.15, 0.2) is 29.2 Å². The van der Waals surface area contributed by atoms with Gasteiger partial charge >= 0.3 is 11.9 Å². The van der Waals surface area contributed by atoms with E-state index in [0.717, 1.165) is 31.9 Å². The van der Waals surface area contributed by atoms with Crippen molar-refractivity contribution in [1.82, 2.24) is 0 Å². The molecule has 2 fully saturated rings. The highest BCUT2D eigenvalue weighted by Crippen LogP contribution is 2.58. The number of cyclic esters (lactones) is 1. The molecule has 0 spiro atoms. The number of methoxy groups -OCH3 is 1. The van der Waals surface area contributed by atoms with Gasteiger partial charge in [-0.1, -0.05) is 20.8 Å². The van der Waals surface area contributed by atoms with Gasteiger partial charge in [0.15, 0.2) is 21.3 Å². The Balaban J connectivity index is 1.60. The van der Waals surface area contributed by atoms with E-state index in [2.05, 4.69) is 0 Å². The highest BCUT2D eigenvalue weighted by Gasteiger charge is 2.57. The van der Waals surface area contributed by atoms with E-state index in [1.165, 1.54) is 31.4 Å². The molecule has 1 heterocycles. The maximum atomic E-state index is 15.4. The number of ether oxygens (including phenoxy) is 4. The van der Waals surface area contributed by atoms with E-state index in [4.69, 9.17) is 18.9 Å². The Morgan fingerprint density at radius 1 is 1.15 bits per heavy atom. The van der Waals surface area contributed by atoms with Crippen LogP contribution in [0.2, 0.25) is 0 Å². The molecular formula is C31H37FO8S. The minimum Gasteiger partial charge on any atom is -0.495 e. The van der Waals surface area contributed by atoms with Crippen LogP contribution in [0.5, 0.6) is 23.0 Å². The molecule has 2 aliphatic carbocycles. The van der Waals surface area contributed by atoms with Crippen molar-refractivity contribution in [2.24, 2.45) is 22.7 Å². The molecule has 0 N–H and O–H groups in total. The van der Waals surface area contributed by atoms with Gasteiger partial charge in [-0.25, -0.2) is 17.6 Å². The average Bonchev–Trinajstić information content (AvgIpc) is 3.38. The maximum absolute atomic E-state index is 15.4. The Bertz CT molecular complexity index is 1490. The van der Waals surface area contributed by atoms with Crippen LogP contribution in [0, 0.1) is 22.7 Å². The maximum Gasteiger partial charge on any atom is 0.346 e. The number of hydrogen-bond acceptors (Lipinski definition) is 8. The van der Waals surface area contributed by atoms with E-state index < -0.39 is 33.4 Å².